The second-order valence-electron chi connectivity index (χ2n) is 5.41. The van der Waals surface area contributed by atoms with E-state index in [1.54, 1.807) is 31.5 Å². The highest BCUT2D eigenvalue weighted by Gasteiger charge is 2.09. The molecule has 3 aromatic rings. The summed E-state index contributed by atoms with van der Waals surface area (Å²) in [7, 11) is 1.60. The Morgan fingerprint density at radius 1 is 1.12 bits per heavy atom. The average Bonchev–Trinajstić information content (AvgIpc) is 2.63. The van der Waals surface area contributed by atoms with E-state index in [1.807, 2.05) is 37.3 Å². The lowest BCUT2D eigenvalue weighted by molar-refractivity contribution is 0.417. The van der Waals surface area contributed by atoms with Gasteiger partial charge in [-0.3, -0.25) is 0 Å². The molecule has 0 fully saturated rings. The van der Waals surface area contributed by atoms with E-state index in [-0.39, 0.29) is 6.04 Å². The van der Waals surface area contributed by atoms with E-state index in [1.165, 1.54) is 0 Å². The van der Waals surface area contributed by atoms with Gasteiger partial charge in [-0.05, 0) is 30.7 Å². The highest BCUT2D eigenvalue weighted by molar-refractivity contribution is 6.31. The van der Waals surface area contributed by atoms with E-state index in [4.69, 9.17) is 16.3 Å². The molecule has 0 radical (unpaired) electrons. The van der Waals surface area contributed by atoms with Crippen molar-refractivity contribution >= 4 is 29.1 Å². The van der Waals surface area contributed by atoms with Crippen molar-refractivity contribution in [2.75, 3.05) is 17.7 Å². The number of methoxy groups -OCH3 is 1. The summed E-state index contributed by atoms with van der Waals surface area (Å²) in [5.74, 6) is 1.64. The third-order valence-corrected chi connectivity index (χ3v) is 3.86. The van der Waals surface area contributed by atoms with Gasteiger partial charge in [0.05, 0.1) is 25.0 Å². The molecule has 0 aliphatic rings. The van der Waals surface area contributed by atoms with Crippen molar-refractivity contribution in [1.82, 2.24) is 15.2 Å². The number of anilines is 3. The molecule has 0 spiro atoms. The minimum atomic E-state index is 0.0546. The summed E-state index contributed by atoms with van der Waals surface area (Å²) in [4.78, 5) is 4.44. The normalized spacial score (nSPS) is 11.6. The number of aromatic nitrogens is 3. The SMILES string of the molecule is COc1ccc(Cl)cc1Nc1cnnc(NC(C)c2ccccc2)n1. The van der Waals surface area contributed by atoms with E-state index >= 15 is 0 Å². The quantitative estimate of drug-likeness (QED) is 0.680. The van der Waals surface area contributed by atoms with Gasteiger partial charge in [-0.25, -0.2) is 0 Å². The number of rotatable bonds is 6. The maximum atomic E-state index is 6.05. The van der Waals surface area contributed by atoms with Gasteiger partial charge in [0.25, 0.3) is 0 Å². The summed E-state index contributed by atoms with van der Waals surface area (Å²) in [6.45, 7) is 2.04. The van der Waals surface area contributed by atoms with Gasteiger partial charge in [0.1, 0.15) is 5.75 Å². The largest absolute Gasteiger partial charge is 0.495 e. The Morgan fingerprint density at radius 2 is 1.92 bits per heavy atom. The summed E-state index contributed by atoms with van der Waals surface area (Å²) >= 11 is 6.05. The Hall–Kier alpha value is -2.86. The average molecular weight is 356 g/mol. The van der Waals surface area contributed by atoms with Crippen LogP contribution in [-0.2, 0) is 0 Å². The minimum Gasteiger partial charge on any atom is -0.495 e. The van der Waals surface area contributed by atoms with Gasteiger partial charge in [-0.2, -0.15) is 10.1 Å². The highest BCUT2D eigenvalue weighted by Crippen LogP contribution is 2.30. The van der Waals surface area contributed by atoms with Crippen LogP contribution in [0.5, 0.6) is 5.75 Å². The van der Waals surface area contributed by atoms with Gasteiger partial charge >= 0.3 is 0 Å². The van der Waals surface area contributed by atoms with Crippen LogP contribution in [0.1, 0.15) is 18.5 Å². The molecule has 7 heteroatoms. The van der Waals surface area contributed by atoms with Gasteiger partial charge in [0, 0.05) is 5.02 Å². The van der Waals surface area contributed by atoms with Crippen molar-refractivity contribution in [3.63, 3.8) is 0 Å². The predicted octanol–water partition coefficient (Wildman–Crippen LogP) is 4.45. The first-order valence-electron chi connectivity index (χ1n) is 7.77. The molecule has 1 atom stereocenters. The molecule has 25 heavy (non-hydrogen) atoms. The molecule has 0 bridgehead atoms. The fourth-order valence-corrected chi connectivity index (χ4v) is 2.53. The van der Waals surface area contributed by atoms with Crippen LogP contribution in [0.4, 0.5) is 17.5 Å². The Bertz CT molecular complexity index is 844. The molecule has 1 heterocycles. The molecular formula is C18H18ClN5O. The van der Waals surface area contributed by atoms with E-state index in [9.17, 15) is 0 Å². The smallest absolute Gasteiger partial charge is 0.245 e. The summed E-state index contributed by atoms with van der Waals surface area (Å²) in [6, 6.07) is 15.4. The van der Waals surface area contributed by atoms with Crippen molar-refractivity contribution in [2.45, 2.75) is 13.0 Å². The van der Waals surface area contributed by atoms with Gasteiger partial charge < -0.3 is 15.4 Å². The highest BCUT2D eigenvalue weighted by atomic mass is 35.5. The van der Waals surface area contributed by atoms with Crippen molar-refractivity contribution in [3.05, 3.63) is 65.3 Å². The number of hydrogen-bond donors (Lipinski definition) is 2. The van der Waals surface area contributed by atoms with Gasteiger partial charge in [-0.1, -0.05) is 41.9 Å². The second-order valence-corrected chi connectivity index (χ2v) is 5.85. The maximum Gasteiger partial charge on any atom is 0.245 e. The lowest BCUT2D eigenvalue weighted by Gasteiger charge is -2.15. The third kappa shape index (κ3) is 4.36. The lowest BCUT2D eigenvalue weighted by atomic mass is 10.1. The fourth-order valence-electron chi connectivity index (χ4n) is 2.36. The summed E-state index contributed by atoms with van der Waals surface area (Å²) in [5, 5.41) is 15.0. The van der Waals surface area contributed by atoms with Gasteiger partial charge in [0.2, 0.25) is 5.95 Å². The molecule has 6 nitrogen and oxygen atoms in total. The van der Waals surface area contributed by atoms with Crippen LogP contribution in [0.15, 0.2) is 54.7 Å². The number of nitrogens with zero attached hydrogens (tertiary/aromatic N) is 3. The standard InChI is InChI=1S/C18H18ClN5O/c1-12(13-6-4-3-5-7-13)21-18-23-17(11-20-24-18)22-15-10-14(19)8-9-16(15)25-2/h3-12H,1-2H3,(H2,21,22,23,24). The second kappa shape index (κ2) is 7.81. The van der Waals surface area contributed by atoms with Gasteiger partial charge in [0.15, 0.2) is 5.82 Å². The molecule has 3 rings (SSSR count). The molecule has 0 saturated carbocycles. The van der Waals surface area contributed by atoms with Crippen molar-refractivity contribution in [2.24, 2.45) is 0 Å². The van der Waals surface area contributed by atoms with Crippen LogP contribution in [0.3, 0.4) is 0 Å². The zero-order chi connectivity index (χ0) is 17.6. The lowest BCUT2D eigenvalue weighted by Crippen LogP contribution is -2.11. The van der Waals surface area contributed by atoms with E-state index in [2.05, 4.69) is 25.8 Å². The molecule has 2 N–H and O–H groups in total. The molecule has 128 valence electrons. The van der Waals surface area contributed by atoms with Crippen LogP contribution in [0.25, 0.3) is 0 Å². The van der Waals surface area contributed by atoms with Crippen LogP contribution in [-0.4, -0.2) is 22.3 Å². The molecule has 1 unspecified atom stereocenters. The number of nitrogens with one attached hydrogen (secondary N) is 2. The molecule has 0 saturated heterocycles. The first-order valence-corrected chi connectivity index (χ1v) is 8.15. The molecule has 0 aliphatic carbocycles. The molecule has 0 amide bonds. The van der Waals surface area contributed by atoms with Crippen LogP contribution < -0.4 is 15.4 Å². The molecular weight excluding hydrogens is 338 g/mol. The molecule has 2 aromatic carbocycles. The van der Waals surface area contributed by atoms with Crippen LogP contribution >= 0.6 is 11.6 Å². The van der Waals surface area contributed by atoms with Crippen LogP contribution in [0, 0.1) is 0 Å². The van der Waals surface area contributed by atoms with Crippen molar-refractivity contribution in [1.29, 1.82) is 0 Å². The topological polar surface area (TPSA) is 72.0 Å². The van der Waals surface area contributed by atoms with Crippen molar-refractivity contribution in [3.8, 4) is 5.75 Å². The number of benzene rings is 2. The number of ether oxygens (including phenoxy) is 1. The fraction of sp³-hybridized carbons (Fsp3) is 0.167. The van der Waals surface area contributed by atoms with E-state index in [0.717, 1.165) is 5.56 Å². The Labute approximate surface area is 151 Å². The molecule has 1 aromatic heterocycles. The first kappa shape index (κ1) is 17.0. The summed E-state index contributed by atoms with van der Waals surface area (Å²) < 4.78 is 5.32. The summed E-state index contributed by atoms with van der Waals surface area (Å²) in [5.41, 5.74) is 1.85. The van der Waals surface area contributed by atoms with Gasteiger partial charge in [-0.15, -0.1) is 5.10 Å². The van der Waals surface area contributed by atoms with E-state index in [0.29, 0.717) is 28.2 Å². The zero-order valence-corrected chi connectivity index (χ0v) is 14.7. The predicted molar refractivity (Wildman–Crippen MR) is 99.6 cm³/mol. The number of hydrogen-bond acceptors (Lipinski definition) is 6. The first-order chi connectivity index (χ1) is 12.2. The van der Waals surface area contributed by atoms with Crippen LogP contribution in [0.2, 0.25) is 5.02 Å². The zero-order valence-electron chi connectivity index (χ0n) is 13.9. The Balaban J connectivity index is 1.77. The monoisotopic (exact) mass is 355 g/mol. The van der Waals surface area contributed by atoms with Crippen molar-refractivity contribution < 1.29 is 4.74 Å². The Kier molecular flexibility index (Phi) is 5.30. The van der Waals surface area contributed by atoms with E-state index < -0.39 is 0 Å². The third-order valence-electron chi connectivity index (χ3n) is 3.63. The summed E-state index contributed by atoms with van der Waals surface area (Å²) in [6.07, 6.45) is 1.54. The molecule has 0 aliphatic heterocycles. The maximum absolute atomic E-state index is 6.05. The number of halogens is 1. The minimum absolute atomic E-state index is 0.0546. The Morgan fingerprint density at radius 3 is 2.68 bits per heavy atom.